The molecule has 6 heteroatoms. The van der Waals surface area contributed by atoms with E-state index in [2.05, 4.69) is 17.3 Å². The molecule has 2 N–H and O–H groups in total. The number of rotatable bonds is 3. The van der Waals surface area contributed by atoms with Gasteiger partial charge in [0.1, 0.15) is 5.02 Å². The standard InChI is InChI=1S/C13H20ClN3O2/c1-9-4-3-5-13(6-9,8-18)16-10-7-15-17(2)12(19)11(10)14/h7,9,16,18H,3-6,8H2,1-2H3. The first-order chi connectivity index (χ1) is 8.97. The van der Waals surface area contributed by atoms with E-state index in [4.69, 9.17) is 11.6 Å². The Hall–Kier alpha value is -1.07. The van der Waals surface area contributed by atoms with Crippen LogP contribution in [-0.4, -0.2) is 27.0 Å². The van der Waals surface area contributed by atoms with Gasteiger partial charge < -0.3 is 10.4 Å². The molecule has 0 aliphatic heterocycles. The molecule has 2 rings (SSSR count). The third-order valence-electron chi connectivity index (χ3n) is 3.87. The maximum atomic E-state index is 11.8. The summed E-state index contributed by atoms with van der Waals surface area (Å²) in [6, 6.07) is 0. The molecule has 1 aliphatic rings. The van der Waals surface area contributed by atoms with Crippen molar-refractivity contribution in [3.8, 4) is 0 Å². The minimum absolute atomic E-state index is 0.0306. The van der Waals surface area contributed by atoms with Crippen LogP contribution in [0, 0.1) is 5.92 Å². The Morgan fingerprint density at radius 1 is 1.68 bits per heavy atom. The summed E-state index contributed by atoms with van der Waals surface area (Å²) in [6.07, 6.45) is 5.52. The molecule has 2 unspecified atom stereocenters. The summed E-state index contributed by atoms with van der Waals surface area (Å²) in [5.41, 5.74) is -0.216. The summed E-state index contributed by atoms with van der Waals surface area (Å²) in [4.78, 5) is 11.8. The lowest BCUT2D eigenvalue weighted by Gasteiger charge is -2.40. The van der Waals surface area contributed by atoms with E-state index in [1.54, 1.807) is 13.2 Å². The highest BCUT2D eigenvalue weighted by atomic mass is 35.5. The number of aliphatic hydroxyl groups excluding tert-OH is 1. The smallest absolute Gasteiger partial charge is 0.287 e. The number of hydrogen-bond donors (Lipinski definition) is 2. The lowest BCUT2D eigenvalue weighted by atomic mass is 9.76. The minimum Gasteiger partial charge on any atom is -0.394 e. The monoisotopic (exact) mass is 285 g/mol. The maximum absolute atomic E-state index is 11.8. The predicted octanol–water partition coefficient (Wildman–Crippen LogP) is 1.79. The van der Waals surface area contributed by atoms with E-state index in [-0.39, 0.29) is 17.2 Å². The third kappa shape index (κ3) is 2.92. The average Bonchev–Trinajstić information content (AvgIpc) is 2.40. The van der Waals surface area contributed by atoms with E-state index in [9.17, 15) is 9.90 Å². The van der Waals surface area contributed by atoms with Crippen molar-refractivity contribution in [2.75, 3.05) is 11.9 Å². The van der Waals surface area contributed by atoms with Gasteiger partial charge in [-0.05, 0) is 18.8 Å². The van der Waals surface area contributed by atoms with Crippen LogP contribution in [0.15, 0.2) is 11.0 Å². The number of aromatic nitrogens is 2. The van der Waals surface area contributed by atoms with Gasteiger partial charge in [0.15, 0.2) is 0 Å². The Morgan fingerprint density at radius 3 is 3.05 bits per heavy atom. The van der Waals surface area contributed by atoms with Crippen LogP contribution in [0.2, 0.25) is 5.02 Å². The number of halogens is 1. The molecule has 1 saturated carbocycles. The van der Waals surface area contributed by atoms with Crippen molar-refractivity contribution in [2.45, 2.75) is 38.1 Å². The summed E-state index contributed by atoms with van der Waals surface area (Å²) >= 11 is 6.06. The molecule has 1 aromatic heterocycles. The zero-order chi connectivity index (χ0) is 14.0. The normalized spacial score (nSPS) is 27.3. The molecule has 0 bridgehead atoms. The third-order valence-corrected chi connectivity index (χ3v) is 4.24. The summed E-state index contributed by atoms with van der Waals surface area (Å²) in [5.74, 6) is 0.548. The predicted molar refractivity (Wildman–Crippen MR) is 75.6 cm³/mol. The first kappa shape index (κ1) is 14.3. The molecule has 19 heavy (non-hydrogen) atoms. The van der Waals surface area contributed by atoms with Gasteiger partial charge in [0.05, 0.1) is 24.0 Å². The fourth-order valence-corrected chi connectivity index (χ4v) is 3.06. The Labute approximate surface area is 117 Å². The lowest BCUT2D eigenvalue weighted by Crippen LogP contribution is -2.46. The minimum atomic E-state index is -0.394. The van der Waals surface area contributed by atoms with E-state index >= 15 is 0 Å². The molecule has 1 aromatic rings. The highest BCUT2D eigenvalue weighted by Gasteiger charge is 2.35. The van der Waals surface area contributed by atoms with Gasteiger partial charge in [-0.2, -0.15) is 5.10 Å². The zero-order valence-electron chi connectivity index (χ0n) is 11.3. The lowest BCUT2D eigenvalue weighted by molar-refractivity contribution is 0.149. The topological polar surface area (TPSA) is 67.2 Å². The first-order valence-electron chi connectivity index (χ1n) is 6.58. The second-order valence-electron chi connectivity index (χ2n) is 5.57. The molecule has 1 fully saturated rings. The molecule has 1 aliphatic carbocycles. The molecule has 0 radical (unpaired) electrons. The van der Waals surface area contributed by atoms with E-state index in [1.807, 2.05) is 0 Å². The summed E-state index contributed by atoms with van der Waals surface area (Å²) < 4.78 is 1.20. The fraction of sp³-hybridized carbons (Fsp3) is 0.692. The van der Waals surface area contributed by atoms with Crippen LogP contribution in [0.3, 0.4) is 0 Å². The SMILES string of the molecule is CC1CCCC(CO)(Nc2cnn(C)c(=O)c2Cl)C1. The van der Waals surface area contributed by atoms with Gasteiger partial charge in [-0.1, -0.05) is 31.4 Å². The Morgan fingerprint density at radius 2 is 2.42 bits per heavy atom. The van der Waals surface area contributed by atoms with Crippen molar-refractivity contribution in [3.63, 3.8) is 0 Å². The van der Waals surface area contributed by atoms with Crippen molar-refractivity contribution in [3.05, 3.63) is 21.6 Å². The second kappa shape index (κ2) is 5.51. The highest BCUT2D eigenvalue weighted by Crippen LogP contribution is 2.35. The van der Waals surface area contributed by atoms with Crippen molar-refractivity contribution >= 4 is 17.3 Å². The second-order valence-corrected chi connectivity index (χ2v) is 5.94. The summed E-state index contributed by atoms with van der Waals surface area (Å²) in [5, 5.41) is 17.1. The van der Waals surface area contributed by atoms with Gasteiger partial charge in [0.25, 0.3) is 5.56 Å². The molecule has 2 atom stereocenters. The molecule has 0 amide bonds. The van der Waals surface area contributed by atoms with E-state index in [1.165, 1.54) is 11.1 Å². The van der Waals surface area contributed by atoms with Crippen molar-refractivity contribution in [1.82, 2.24) is 9.78 Å². The summed E-state index contributed by atoms with van der Waals surface area (Å²) in [7, 11) is 1.56. The van der Waals surface area contributed by atoms with E-state index in [0.717, 1.165) is 19.3 Å². The molecule has 0 spiro atoms. The van der Waals surface area contributed by atoms with Gasteiger partial charge in [-0.3, -0.25) is 4.79 Å². The van der Waals surface area contributed by atoms with Crippen LogP contribution in [-0.2, 0) is 7.05 Å². The van der Waals surface area contributed by atoms with Gasteiger partial charge in [0, 0.05) is 7.05 Å². The van der Waals surface area contributed by atoms with Crippen LogP contribution in [0.5, 0.6) is 0 Å². The van der Waals surface area contributed by atoms with Gasteiger partial charge in [-0.25, -0.2) is 4.68 Å². The Balaban J connectivity index is 2.28. The number of aryl methyl sites for hydroxylation is 1. The number of aliphatic hydroxyl groups is 1. The molecule has 0 saturated heterocycles. The van der Waals surface area contributed by atoms with Gasteiger partial charge in [0.2, 0.25) is 0 Å². The Bertz CT molecular complexity index is 517. The van der Waals surface area contributed by atoms with Crippen molar-refractivity contribution < 1.29 is 5.11 Å². The van der Waals surface area contributed by atoms with Crippen LogP contribution in [0.1, 0.15) is 32.6 Å². The number of anilines is 1. The molecular formula is C13H20ClN3O2. The molecule has 1 heterocycles. The van der Waals surface area contributed by atoms with Crippen LogP contribution >= 0.6 is 11.6 Å². The van der Waals surface area contributed by atoms with Crippen LogP contribution in [0.25, 0.3) is 0 Å². The average molecular weight is 286 g/mol. The quantitative estimate of drug-likeness (QED) is 0.888. The largest absolute Gasteiger partial charge is 0.394 e. The van der Waals surface area contributed by atoms with Gasteiger partial charge in [-0.15, -0.1) is 0 Å². The van der Waals surface area contributed by atoms with Crippen molar-refractivity contribution in [1.29, 1.82) is 0 Å². The summed E-state index contributed by atoms with van der Waals surface area (Å²) in [6.45, 7) is 2.21. The first-order valence-corrected chi connectivity index (χ1v) is 6.96. The molecular weight excluding hydrogens is 266 g/mol. The molecule has 5 nitrogen and oxygen atoms in total. The number of nitrogens with one attached hydrogen (secondary N) is 1. The van der Waals surface area contributed by atoms with Crippen LogP contribution < -0.4 is 10.9 Å². The molecule has 106 valence electrons. The maximum Gasteiger partial charge on any atom is 0.287 e. The van der Waals surface area contributed by atoms with Crippen molar-refractivity contribution in [2.24, 2.45) is 13.0 Å². The van der Waals surface area contributed by atoms with E-state index in [0.29, 0.717) is 11.6 Å². The zero-order valence-corrected chi connectivity index (χ0v) is 12.1. The van der Waals surface area contributed by atoms with Crippen LogP contribution in [0.4, 0.5) is 5.69 Å². The number of nitrogens with zero attached hydrogens (tertiary/aromatic N) is 2. The molecule has 0 aromatic carbocycles. The Kier molecular flexibility index (Phi) is 4.16. The fourth-order valence-electron chi connectivity index (χ4n) is 2.84. The van der Waals surface area contributed by atoms with E-state index < -0.39 is 5.54 Å². The highest BCUT2D eigenvalue weighted by molar-refractivity contribution is 6.32. The van der Waals surface area contributed by atoms with Gasteiger partial charge >= 0.3 is 0 Å². The number of hydrogen-bond acceptors (Lipinski definition) is 4.